The maximum absolute atomic E-state index is 12.4. The number of hydrogen-bond donors (Lipinski definition) is 2. The number of aryl methyl sites for hydroxylation is 1. The summed E-state index contributed by atoms with van der Waals surface area (Å²) in [4.78, 5) is 14.1. The van der Waals surface area contributed by atoms with Gasteiger partial charge in [-0.05, 0) is 44.0 Å². The molecule has 1 saturated heterocycles. The van der Waals surface area contributed by atoms with Crippen molar-refractivity contribution in [1.82, 2.24) is 4.90 Å². The van der Waals surface area contributed by atoms with Gasteiger partial charge in [-0.2, -0.15) is 0 Å². The zero-order chi connectivity index (χ0) is 14.8. The van der Waals surface area contributed by atoms with Crippen LogP contribution in [0.25, 0.3) is 0 Å². The summed E-state index contributed by atoms with van der Waals surface area (Å²) < 4.78 is 0. The smallest absolute Gasteiger partial charge is 0.253 e. The van der Waals surface area contributed by atoms with Gasteiger partial charge in [-0.25, -0.2) is 0 Å². The number of carbonyl (C=O) groups excluding carboxylic acids is 1. The molecule has 1 fully saturated rings. The third-order valence-corrected chi connectivity index (χ3v) is 3.54. The van der Waals surface area contributed by atoms with Crippen molar-refractivity contribution >= 4 is 5.91 Å². The molecular weight excluding hydrogens is 252 g/mol. The van der Waals surface area contributed by atoms with Crippen LogP contribution in [0.4, 0.5) is 0 Å². The van der Waals surface area contributed by atoms with Crippen molar-refractivity contribution in [3.05, 3.63) is 34.9 Å². The molecule has 1 amide bonds. The molecular formula is C16H20N2O2. The normalized spacial score (nSPS) is 21.5. The SMILES string of the molecule is Cc1cc(C(=O)N2CCC(C)(O)C2)ccc1C#CCN. The predicted molar refractivity (Wildman–Crippen MR) is 78.3 cm³/mol. The van der Waals surface area contributed by atoms with E-state index in [-0.39, 0.29) is 5.91 Å². The molecule has 20 heavy (non-hydrogen) atoms. The summed E-state index contributed by atoms with van der Waals surface area (Å²) in [6, 6.07) is 5.47. The summed E-state index contributed by atoms with van der Waals surface area (Å²) in [6.07, 6.45) is 0.623. The van der Waals surface area contributed by atoms with Gasteiger partial charge in [0.1, 0.15) is 0 Å². The van der Waals surface area contributed by atoms with E-state index in [1.54, 1.807) is 17.9 Å². The average Bonchev–Trinajstić information content (AvgIpc) is 2.77. The number of aliphatic hydroxyl groups is 1. The maximum Gasteiger partial charge on any atom is 0.253 e. The predicted octanol–water partition coefficient (Wildman–Crippen LogP) is 0.902. The minimum Gasteiger partial charge on any atom is -0.388 e. The third kappa shape index (κ3) is 3.19. The number of hydrogen-bond acceptors (Lipinski definition) is 3. The zero-order valence-corrected chi connectivity index (χ0v) is 11.9. The second kappa shape index (κ2) is 5.66. The number of β-amino-alcohol motifs (C(OH)–C–C–N with tert-alkyl or cyclic N) is 1. The fourth-order valence-corrected chi connectivity index (χ4v) is 2.38. The van der Waals surface area contributed by atoms with Gasteiger partial charge in [0, 0.05) is 24.2 Å². The average molecular weight is 272 g/mol. The molecule has 0 aliphatic carbocycles. The van der Waals surface area contributed by atoms with E-state index in [2.05, 4.69) is 11.8 Å². The van der Waals surface area contributed by atoms with Gasteiger partial charge >= 0.3 is 0 Å². The Hall–Kier alpha value is -1.83. The van der Waals surface area contributed by atoms with E-state index in [9.17, 15) is 9.90 Å². The van der Waals surface area contributed by atoms with Crippen molar-refractivity contribution in [1.29, 1.82) is 0 Å². The highest BCUT2D eigenvalue weighted by molar-refractivity contribution is 5.94. The molecule has 3 N–H and O–H groups in total. The topological polar surface area (TPSA) is 66.6 Å². The Morgan fingerprint density at radius 1 is 1.55 bits per heavy atom. The number of benzene rings is 1. The van der Waals surface area contributed by atoms with Crippen molar-refractivity contribution in [3.8, 4) is 11.8 Å². The van der Waals surface area contributed by atoms with Gasteiger partial charge in [0.15, 0.2) is 0 Å². The fraction of sp³-hybridized carbons (Fsp3) is 0.438. The van der Waals surface area contributed by atoms with Gasteiger partial charge in [0.2, 0.25) is 0 Å². The van der Waals surface area contributed by atoms with Crippen molar-refractivity contribution in [2.45, 2.75) is 25.9 Å². The van der Waals surface area contributed by atoms with Crippen LogP contribution >= 0.6 is 0 Å². The first-order chi connectivity index (χ1) is 9.43. The number of likely N-dealkylation sites (tertiary alicyclic amines) is 1. The molecule has 0 spiro atoms. The Balaban J connectivity index is 2.18. The van der Waals surface area contributed by atoms with Crippen molar-refractivity contribution < 1.29 is 9.90 Å². The third-order valence-electron chi connectivity index (χ3n) is 3.54. The molecule has 1 aliphatic rings. The number of carbonyl (C=O) groups is 1. The molecule has 1 aliphatic heterocycles. The highest BCUT2D eigenvalue weighted by Gasteiger charge is 2.34. The van der Waals surface area contributed by atoms with Crippen LogP contribution in [0.1, 0.15) is 34.8 Å². The lowest BCUT2D eigenvalue weighted by molar-refractivity contribution is 0.0572. The Morgan fingerprint density at radius 2 is 2.30 bits per heavy atom. The molecule has 0 radical (unpaired) electrons. The standard InChI is InChI=1S/C16H20N2O2/c1-12-10-14(6-5-13(12)4-3-8-17)15(19)18-9-7-16(2,20)11-18/h5-6,10,20H,7-9,11,17H2,1-2H3. The van der Waals surface area contributed by atoms with Gasteiger partial charge in [-0.15, -0.1) is 0 Å². The second-order valence-electron chi connectivity index (χ2n) is 5.51. The lowest BCUT2D eigenvalue weighted by Crippen LogP contribution is -2.33. The molecule has 0 bridgehead atoms. The van der Waals surface area contributed by atoms with Crippen LogP contribution in [-0.2, 0) is 0 Å². The van der Waals surface area contributed by atoms with E-state index in [1.807, 2.05) is 19.1 Å². The monoisotopic (exact) mass is 272 g/mol. The molecule has 2 rings (SSSR count). The van der Waals surface area contributed by atoms with E-state index < -0.39 is 5.60 Å². The van der Waals surface area contributed by atoms with Crippen LogP contribution in [0.15, 0.2) is 18.2 Å². The van der Waals surface area contributed by atoms with Crippen molar-refractivity contribution in [2.75, 3.05) is 19.6 Å². The van der Waals surface area contributed by atoms with E-state index in [0.717, 1.165) is 11.1 Å². The lowest BCUT2D eigenvalue weighted by atomic mass is 10.0. The molecule has 1 heterocycles. The Kier molecular flexibility index (Phi) is 4.12. The first kappa shape index (κ1) is 14.6. The zero-order valence-electron chi connectivity index (χ0n) is 11.9. The number of nitrogens with zero attached hydrogens (tertiary/aromatic N) is 1. The summed E-state index contributed by atoms with van der Waals surface area (Å²) in [6.45, 7) is 5.00. The second-order valence-corrected chi connectivity index (χ2v) is 5.51. The number of rotatable bonds is 1. The Morgan fingerprint density at radius 3 is 2.85 bits per heavy atom. The molecule has 1 atom stereocenters. The van der Waals surface area contributed by atoms with Crippen molar-refractivity contribution in [3.63, 3.8) is 0 Å². The molecule has 4 nitrogen and oxygen atoms in total. The minimum absolute atomic E-state index is 0.0378. The quantitative estimate of drug-likeness (QED) is 0.747. The minimum atomic E-state index is -0.767. The van der Waals surface area contributed by atoms with Gasteiger partial charge in [0.05, 0.1) is 12.1 Å². The number of nitrogens with two attached hydrogens (primary N) is 1. The van der Waals surface area contributed by atoms with E-state index in [1.165, 1.54) is 0 Å². The molecule has 0 saturated carbocycles. The van der Waals surface area contributed by atoms with Crippen LogP contribution in [-0.4, -0.2) is 41.1 Å². The first-order valence-corrected chi connectivity index (χ1v) is 6.74. The van der Waals surface area contributed by atoms with E-state index in [0.29, 0.717) is 31.6 Å². The molecule has 106 valence electrons. The van der Waals surface area contributed by atoms with E-state index >= 15 is 0 Å². The summed E-state index contributed by atoms with van der Waals surface area (Å²) in [5.41, 5.74) is 7.08. The summed E-state index contributed by atoms with van der Waals surface area (Å²) in [7, 11) is 0. The van der Waals surface area contributed by atoms with Crippen LogP contribution in [0.3, 0.4) is 0 Å². The van der Waals surface area contributed by atoms with Crippen LogP contribution in [0, 0.1) is 18.8 Å². The molecule has 0 aromatic heterocycles. The molecule has 1 unspecified atom stereocenters. The van der Waals surface area contributed by atoms with E-state index in [4.69, 9.17) is 5.73 Å². The molecule has 1 aromatic rings. The molecule has 4 heteroatoms. The Bertz CT molecular complexity index is 582. The van der Waals surface area contributed by atoms with Crippen molar-refractivity contribution in [2.24, 2.45) is 5.73 Å². The largest absolute Gasteiger partial charge is 0.388 e. The Labute approximate surface area is 119 Å². The summed E-state index contributed by atoms with van der Waals surface area (Å²) in [5, 5.41) is 9.93. The summed E-state index contributed by atoms with van der Waals surface area (Å²) in [5.74, 6) is 5.75. The molecule has 1 aromatic carbocycles. The van der Waals surface area contributed by atoms with Crippen LogP contribution in [0.5, 0.6) is 0 Å². The van der Waals surface area contributed by atoms with Crippen LogP contribution < -0.4 is 5.73 Å². The highest BCUT2D eigenvalue weighted by Crippen LogP contribution is 2.22. The van der Waals surface area contributed by atoms with Gasteiger partial charge in [-0.1, -0.05) is 11.8 Å². The summed E-state index contributed by atoms with van der Waals surface area (Å²) >= 11 is 0. The number of amides is 1. The maximum atomic E-state index is 12.4. The first-order valence-electron chi connectivity index (χ1n) is 6.74. The van der Waals surface area contributed by atoms with Gasteiger partial charge in [-0.3, -0.25) is 4.79 Å². The van der Waals surface area contributed by atoms with Gasteiger partial charge < -0.3 is 15.7 Å². The highest BCUT2D eigenvalue weighted by atomic mass is 16.3. The van der Waals surface area contributed by atoms with Gasteiger partial charge in [0.25, 0.3) is 5.91 Å². The lowest BCUT2D eigenvalue weighted by Gasteiger charge is -2.19. The van der Waals surface area contributed by atoms with Crippen LogP contribution in [0.2, 0.25) is 0 Å². The fourth-order valence-electron chi connectivity index (χ4n) is 2.38.